The summed E-state index contributed by atoms with van der Waals surface area (Å²) in [7, 11) is 1.51. The number of nitrogens with one attached hydrogen (secondary N) is 1. The number of nitrogens with zero attached hydrogens (tertiary/aromatic N) is 3. The fraction of sp³-hybridized carbons (Fsp3) is 0.500. The average molecular weight is 364 g/mol. The molecule has 1 aromatic heterocycles. The highest BCUT2D eigenvalue weighted by molar-refractivity contribution is 5.89. The van der Waals surface area contributed by atoms with Gasteiger partial charge in [-0.1, -0.05) is 11.2 Å². The van der Waals surface area contributed by atoms with Crippen molar-refractivity contribution in [3.8, 4) is 0 Å². The highest BCUT2D eigenvalue weighted by atomic mass is 19.1. The third-order valence-corrected chi connectivity index (χ3v) is 4.70. The lowest BCUT2D eigenvalue weighted by Crippen LogP contribution is -2.35. The lowest BCUT2D eigenvalue weighted by molar-refractivity contribution is 0.0950. The number of halogens is 2. The van der Waals surface area contributed by atoms with Crippen LogP contribution in [0.2, 0.25) is 0 Å². The predicted octanol–water partition coefficient (Wildman–Crippen LogP) is 2.55. The summed E-state index contributed by atoms with van der Waals surface area (Å²) in [5.41, 5.74) is 0.552. The Balaban J connectivity index is 1.52. The number of aryl methyl sites for hydroxylation is 1. The van der Waals surface area contributed by atoms with E-state index in [0.29, 0.717) is 30.3 Å². The second-order valence-corrected chi connectivity index (χ2v) is 6.61. The van der Waals surface area contributed by atoms with Crippen LogP contribution in [0.1, 0.15) is 41.3 Å². The van der Waals surface area contributed by atoms with Crippen LogP contribution in [0.3, 0.4) is 0 Å². The van der Waals surface area contributed by atoms with E-state index in [1.165, 1.54) is 19.2 Å². The van der Waals surface area contributed by atoms with Gasteiger partial charge in [0.15, 0.2) is 0 Å². The van der Waals surface area contributed by atoms with E-state index in [9.17, 15) is 13.6 Å². The van der Waals surface area contributed by atoms with Gasteiger partial charge >= 0.3 is 0 Å². The van der Waals surface area contributed by atoms with Crippen LogP contribution in [0.4, 0.5) is 8.78 Å². The van der Waals surface area contributed by atoms with Gasteiger partial charge in [0, 0.05) is 19.7 Å². The highest BCUT2D eigenvalue weighted by Gasteiger charge is 2.22. The molecule has 26 heavy (non-hydrogen) atoms. The Morgan fingerprint density at radius 2 is 2.27 bits per heavy atom. The molecule has 1 fully saturated rings. The molecule has 0 aliphatic carbocycles. The lowest BCUT2D eigenvalue weighted by Gasteiger charge is -2.31. The molecule has 1 aromatic carbocycles. The number of benzene rings is 1. The summed E-state index contributed by atoms with van der Waals surface area (Å²) < 4.78 is 31.9. The zero-order valence-electron chi connectivity index (χ0n) is 14.7. The molecule has 140 valence electrons. The van der Waals surface area contributed by atoms with Gasteiger partial charge in [-0.3, -0.25) is 9.69 Å². The van der Waals surface area contributed by atoms with E-state index in [2.05, 4.69) is 20.4 Å². The molecule has 0 bridgehead atoms. The molecule has 1 N–H and O–H groups in total. The van der Waals surface area contributed by atoms with E-state index in [1.54, 1.807) is 0 Å². The Bertz CT molecular complexity index is 765. The number of aromatic nitrogens is 2. The van der Waals surface area contributed by atoms with Crippen molar-refractivity contribution < 1.29 is 18.1 Å². The average Bonchev–Trinajstić information content (AvgIpc) is 3.09. The maximum absolute atomic E-state index is 13.8. The van der Waals surface area contributed by atoms with Gasteiger partial charge in [-0.15, -0.1) is 0 Å². The molecular formula is C18H22F2N4O2. The summed E-state index contributed by atoms with van der Waals surface area (Å²) in [5, 5.41) is 6.12. The lowest BCUT2D eigenvalue weighted by atomic mass is 9.91. The van der Waals surface area contributed by atoms with Crippen molar-refractivity contribution in [1.82, 2.24) is 20.4 Å². The number of hydrogen-bond donors (Lipinski definition) is 1. The number of likely N-dealkylation sites (tertiary alicyclic amines) is 1. The Hall–Kier alpha value is -2.35. The molecule has 1 atom stereocenters. The number of piperidine rings is 1. The van der Waals surface area contributed by atoms with E-state index >= 15 is 0 Å². The van der Waals surface area contributed by atoms with Crippen molar-refractivity contribution >= 4 is 5.91 Å². The molecule has 8 heteroatoms. The molecule has 2 heterocycles. The van der Waals surface area contributed by atoms with Gasteiger partial charge in [0.05, 0.1) is 6.54 Å². The van der Waals surface area contributed by atoms with Crippen molar-refractivity contribution in [2.45, 2.75) is 32.2 Å². The third-order valence-electron chi connectivity index (χ3n) is 4.70. The first-order chi connectivity index (χ1) is 12.5. The molecule has 0 radical (unpaired) electrons. The van der Waals surface area contributed by atoms with Crippen molar-refractivity contribution in [3.63, 3.8) is 0 Å². The van der Waals surface area contributed by atoms with Gasteiger partial charge in [0.2, 0.25) is 5.89 Å². The number of amides is 1. The number of rotatable bonds is 6. The van der Waals surface area contributed by atoms with Crippen LogP contribution in [0.25, 0.3) is 0 Å². The minimum Gasteiger partial charge on any atom is -0.352 e. The van der Waals surface area contributed by atoms with Gasteiger partial charge in [-0.2, -0.15) is 4.98 Å². The van der Waals surface area contributed by atoms with Crippen molar-refractivity contribution in [2.24, 2.45) is 5.92 Å². The summed E-state index contributed by atoms with van der Waals surface area (Å²) in [6.07, 6.45) is 3.54. The van der Waals surface area contributed by atoms with Crippen LogP contribution in [-0.2, 0) is 13.0 Å². The van der Waals surface area contributed by atoms with Gasteiger partial charge < -0.3 is 9.84 Å². The number of carbonyl (C=O) groups excluding carboxylic acids is 1. The topological polar surface area (TPSA) is 71.3 Å². The number of carbonyl (C=O) groups is 1. The van der Waals surface area contributed by atoms with Crippen LogP contribution in [0.5, 0.6) is 0 Å². The van der Waals surface area contributed by atoms with Crippen LogP contribution >= 0.6 is 0 Å². The van der Waals surface area contributed by atoms with Gasteiger partial charge in [0.1, 0.15) is 11.6 Å². The summed E-state index contributed by atoms with van der Waals surface area (Å²) >= 11 is 0. The zero-order chi connectivity index (χ0) is 18.5. The summed E-state index contributed by atoms with van der Waals surface area (Å²) in [6, 6.07) is 3.75. The van der Waals surface area contributed by atoms with Crippen LogP contribution in [0.15, 0.2) is 22.7 Å². The predicted molar refractivity (Wildman–Crippen MR) is 90.4 cm³/mol. The smallest absolute Gasteiger partial charge is 0.292 e. The van der Waals surface area contributed by atoms with Crippen LogP contribution < -0.4 is 5.32 Å². The Kier molecular flexibility index (Phi) is 5.92. The summed E-state index contributed by atoms with van der Waals surface area (Å²) in [6.45, 7) is 2.25. The SMILES string of the molecule is CNC(=O)c1noc(CN2CCC[C@@H](CCc3ccc(F)cc3F)C2)n1. The summed E-state index contributed by atoms with van der Waals surface area (Å²) in [4.78, 5) is 17.8. The molecule has 1 aliphatic heterocycles. The van der Waals surface area contributed by atoms with E-state index in [0.717, 1.165) is 38.4 Å². The van der Waals surface area contributed by atoms with Crippen LogP contribution in [0, 0.1) is 17.6 Å². The molecule has 1 aliphatic rings. The van der Waals surface area contributed by atoms with Crippen molar-refractivity contribution in [2.75, 3.05) is 20.1 Å². The molecule has 2 aromatic rings. The van der Waals surface area contributed by atoms with Gasteiger partial charge in [-0.25, -0.2) is 8.78 Å². The zero-order valence-corrected chi connectivity index (χ0v) is 14.7. The molecule has 1 saturated heterocycles. The monoisotopic (exact) mass is 364 g/mol. The minimum absolute atomic E-state index is 0.0304. The molecule has 0 saturated carbocycles. The maximum atomic E-state index is 13.8. The number of hydrogen-bond acceptors (Lipinski definition) is 5. The molecule has 6 nitrogen and oxygen atoms in total. The quantitative estimate of drug-likeness (QED) is 0.853. The van der Waals surface area contributed by atoms with Gasteiger partial charge in [0.25, 0.3) is 11.7 Å². The second kappa shape index (κ2) is 8.35. The Morgan fingerprint density at radius 3 is 3.04 bits per heavy atom. The first-order valence-electron chi connectivity index (χ1n) is 8.76. The minimum atomic E-state index is -0.550. The van der Waals surface area contributed by atoms with Crippen LogP contribution in [-0.4, -0.2) is 41.1 Å². The first-order valence-corrected chi connectivity index (χ1v) is 8.76. The second-order valence-electron chi connectivity index (χ2n) is 6.61. The highest BCUT2D eigenvalue weighted by Crippen LogP contribution is 2.23. The third kappa shape index (κ3) is 4.63. The normalized spacial score (nSPS) is 18.0. The molecule has 1 amide bonds. The largest absolute Gasteiger partial charge is 0.352 e. The first kappa shape index (κ1) is 18.4. The Morgan fingerprint density at radius 1 is 1.42 bits per heavy atom. The molecule has 0 spiro atoms. The summed E-state index contributed by atoms with van der Waals surface area (Å²) in [5.74, 6) is -0.542. The van der Waals surface area contributed by atoms with Gasteiger partial charge in [-0.05, 0) is 49.8 Å². The van der Waals surface area contributed by atoms with E-state index < -0.39 is 11.6 Å². The standard InChI is InChI=1S/C18H22F2N4O2/c1-21-18(25)17-22-16(26-23-17)11-24-8-2-3-12(10-24)4-5-13-6-7-14(19)9-15(13)20/h6-7,9,12H,2-5,8,10-11H2,1H3,(H,21,25)/t12-/m0/s1. The van der Waals surface area contributed by atoms with Crippen molar-refractivity contribution in [1.29, 1.82) is 0 Å². The fourth-order valence-corrected chi connectivity index (χ4v) is 3.33. The van der Waals surface area contributed by atoms with E-state index in [1.807, 2.05) is 0 Å². The fourth-order valence-electron chi connectivity index (χ4n) is 3.33. The molecule has 0 unspecified atom stereocenters. The molecular weight excluding hydrogens is 342 g/mol. The molecule has 3 rings (SSSR count). The maximum Gasteiger partial charge on any atom is 0.292 e. The van der Waals surface area contributed by atoms with E-state index in [4.69, 9.17) is 4.52 Å². The Labute approximate surface area is 150 Å². The van der Waals surface area contributed by atoms with Crippen molar-refractivity contribution in [3.05, 3.63) is 47.1 Å². The van der Waals surface area contributed by atoms with E-state index in [-0.39, 0.29) is 11.7 Å².